The van der Waals surface area contributed by atoms with Crippen LogP contribution in [0, 0.1) is 0 Å². The Balaban J connectivity index is 0.00000256. The maximum absolute atomic E-state index is 11.2. The van der Waals surface area contributed by atoms with Crippen LogP contribution in [0.25, 0.3) is 0 Å². The molecule has 0 radical (unpaired) electrons. The number of carbonyl (C=O) groups excluding carboxylic acids is 1. The number of carbonyl (C=O) groups is 1. The van der Waals surface area contributed by atoms with Gasteiger partial charge in [0.15, 0.2) is 0 Å². The van der Waals surface area contributed by atoms with Crippen molar-refractivity contribution in [3.63, 3.8) is 0 Å². The third-order valence-corrected chi connectivity index (χ3v) is 3.07. The van der Waals surface area contributed by atoms with Crippen LogP contribution in [-0.2, 0) is 11.2 Å². The maximum Gasteiger partial charge on any atom is 0.233 e. The molecule has 2 N–H and O–H groups in total. The monoisotopic (exact) mass is 340 g/mol. The Morgan fingerprint density at radius 2 is 2.18 bits per heavy atom. The SMILES string of the molecule is CNCC(=O)NCCc1cc(Cl)ccc1Br.Cl. The molecular formula is C11H15BrCl2N2O. The van der Waals surface area contributed by atoms with Crippen LogP contribution in [0.2, 0.25) is 5.02 Å². The van der Waals surface area contributed by atoms with Gasteiger partial charge >= 0.3 is 0 Å². The van der Waals surface area contributed by atoms with Crippen LogP contribution in [0.5, 0.6) is 0 Å². The van der Waals surface area contributed by atoms with Crippen LogP contribution in [-0.4, -0.2) is 26.0 Å². The summed E-state index contributed by atoms with van der Waals surface area (Å²) in [4.78, 5) is 11.2. The highest BCUT2D eigenvalue weighted by Gasteiger charge is 2.02. The van der Waals surface area contributed by atoms with Gasteiger partial charge in [-0.05, 0) is 37.2 Å². The van der Waals surface area contributed by atoms with E-state index in [-0.39, 0.29) is 18.3 Å². The van der Waals surface area contributed by atoms with Crippen molar-refractivity contribution >= 4 is 45.8 Å². The highest BCUT2D eigenvalue weighted by Crippen LogP contribution is 2.21. The van der Waals surface area contributed by atoms with Gasteiger partial charge in [-0.3, -0.25) is 4.79 Å². The topological polar surface area (TPSA) is 41.1 Å². The minimum Gasteiger partial charge on any atom is -0.355 e. The Labute approximate surface area is 121 Å². The van der Waals surface area contributed by atoms with Gasteiger partial charge in [0.1, 0.15) is 0 Å². The highest BCUT2D eigenvalue weighted by molar-refractivity contribution is 9.10. The Hall–Kier alpha value is -0.290. The molecule has 17 heavy (non-hydrogen) atoms. The molecule has 1 amide bonds. The second kappa shape index (κ2) is 8.75. The van der Waals surface area contributed by atoms with Crippen molar-refractivity contribution in [1.82, 2.24) is 10.6 Å². The van der Waals surface area contributed by atoms with Gasteiger partial charge in [-0.1, -0.05) is 27.5 Å². The van der Waals surface area contributed by atoms with Gasteiger partial charge in [-0.25, -0.2) is 0 Å². The molecule has 0 bridgehead atoms. The minimum absolute atomic E-state index is 0. The van der Waals surface area contributed by atoms with Crippen molar-refractivity contribution in [1.29, 1.82) is 0 Å². The summed E-state index contributed by atoms with van der Waals surface area (Å²) in [6, 6.07) is 5.64. The average Bonchev–Trinajstić information content (AvgIpc) is 2.23. The van der Waals surface area contributed by atoms with Crippen LogP contribution >= 0.6 is 39.9 Å². The van der Waals surface area contributed by atoms with Crippen LogP contribution < -0.4 is 10.6 Å². The third-order valence-electron chi connectivity index (χ3n) is 2.06. The second-order valence-electron chi connectivity index (χ2n) is 3.37. The molecule has 1 aromatic carbocycles. The maximum atomic E-state index is 11.2. The molecule has 1 rings (SSSR count). The number of nitrogens with one attached hydrogen (secondary N) is 2. The number of rotatable bonds is 5. The van der Waals surface area contributed by atoms with E-state index in [1.165, 1.54) is 0 Å². The van der Waals surface area contributed by atoms with Crippen molar-refractivity contribution in [2.75, 3.05) is 20.1 Å². The fourth-order valence-electron chi connectivity index (χ4n) is 1.29. The van der Waals surface area contributed by atoms with E-state index in [0.717, 1.165) is 16.5 Å². The van der Waals surface area contributed by atoms with E-state index in [1.54, 1.807) is 7.05 Å². The first kappa shape index (κ1) is 16.7. The molecule has 1 aromatic rings. The predicted octanol–water partition coefficient (Wildman–Crippen LogP) is 2.40. The van der Waals surface area contributed by atoms with Crippen molar-refractivity contribution in [2.24, 2.45) is 0 Å². The molecule has 0 saturated carbocycles. The molecule has 0 aliphatic carbocycles. The number of amides is 1. The first-order valence-corrected chi connectivity index (χ1v) is 6.16. The summed E-state index contributed by atoms with van der Waals surface area (Å²) in [6.07, 6.45) is 0.761. The average molecular weight is 342 g/mol. The lowest BCUT2D eigenvalue weighted by Gasteiger charge is -2.07. The largest absolute Gasteiger partial charge is 0.355 e. The van der Waals surface area contributed by atoms with E-state index in [0.29, 0.717) is 18.1 Å². The van der Waals surface area contributed by atoms with Gasteiger partial charge < -0.3 is 10.6 Å². The van der Waals surface area contributed by atoms with Crippen molar-refractivity contribution in [2.45, 2.75) is 6.42 Å². The van der Waals surface area contributed by atoms with Gasteiger partial charge in [0.25, 0.3) is 0 Å². The zero-order valence-corrected chi connectivity index (χ0v) is 12.6. The van der Waals surface area contributed by atoms with Gasteiger partial charge in [0.2, 0.25) is 5.91 Å². The fourth-order valence-corrected chi connectivity index (χ4v) is 1.93. The van der Waals surface area contributed by atoms with E-state index in [4.69, 9.17) is 11.6 Å². The first-order valence-electron chi connectivity index (χ1n) is 4.98. The molecule has 0 atom stereocenters. The van der Waals surface area contributed by atoms with Crippen LogP contribution in [0.15, 0.2) is 22.7 Å². The molecule has 0 aliphatic heterocycles. The molecular weight excluding hydrogens is 327 g/mol. The van der Waals surface area contributed by atoms with Gasteiger partial charge in [-0.2, -0.15) is 0 Å². The normalized spacial score (nSPS) is 9.59. The van der Waals surface area contributed by atoms with Gasteiger partial charge in [-0.15, -0.1) is 12.4 Å². The molecule has 6 heteroatoms. The Morgan fingerprint density at radius 1 is 1.47 bits per heavy atom. The number of halogens is 3. The Kier molecular flexibility index (Phi) is 8.60. The quantitative estimate of drug-likeness (QED) is 0.863. The molecule has 0 aromatic heterocycles. The molecule has 0 saturated heterocycles. The summed E-state index contributed by atoms with van der Waals surface area (Å²) in [7, 11) is 1.74. The van der Waals surface area contributed by atoms with Crippen LogP contribution in [0.4, 0.5) is 0 Å². The molecule has 96 valence electrons. The van der Waals surface area contributed by atoms with E-state index in [9.17, 15) is 4.79 Å². The lowest BCUT2D eigenvalue weighted by molar-refractivity contribution is -0.120. The number of hydrogen-bond acceptors (Lipinski definition) is 2. The van der Waals surface area contributed by atoms with Crippen molar-refractivity contribution < 1.29 is 4.79 Å². The van der Waals surface area contributed by atoms with E-state index < -0.39 is 0 Å². The summed E-state index contributed by atoms with van der Waals surface area (Å²) < 4.78 is 1.01. The summed E-state index contributed by atoms with van der Waals surface area (Å²) in [5.41, 5.74) is 1.09. The summed E-state index contributed by atoms with van der Waals surface area (Å²) in [5, 5.41) is 6.32. The first-order chi connectivity index (χ1) is 7.63. The fraction of sp³-hybridized carbons (Fsp3) is 0.364. The summed E-state index contributed by atoms with van der Waals surface area (Å²) in [6.45, 7) is 0.955. The summed E-state index contributed by atoms with van der Waals surface area (Å²) in [5.74, 6) is 0.000602. The van der Waals surface area contributed by atoms with Crippen molar-refractivity contribution in [3.8, 4) is 0 Å². The molecule has 0 spiro atoms. The summed E-state index contributed by atoms with van der Waals surface area (Å²) >= 11 is 9.33. The third kappa shape index (κ3) is 6.27. The Bertz CT molecular complexity index is 374. The van der Waals surface area contributed by atoms with Gasteiger partial charge in [0, 0.05) is 16.0 Å². The molecule has 3 nitrogen and oxygen atoms in total. The lowest BCUT2D eigenvalue weighted by atomic mass is 10.1. The minimum atomic E-state index is 0. The lowest BCUT2D eigenvalue weighted by Crippen LogP contribution is -2.33. The van der Waals surface area contributed by atoms with E-state index in [2.05, 4.69) is 26.6 Å². The van der Waals surface area contributed by atoms with E-state index in [1.807, 2.05) is 18.2 Å². The molecule has 0 fully saturated rings. The highest BCUT2D eigenvalue weighted by atomic mass is 79.9. The Morgan fingerprint density at radius 3 is 2.82 bits per heavy atom. The van der Waals surface area contributed by atoms with E-state index >= 15 is 0 Å². The van der Waals surface area contributed by atoms with Crippen LogP contribution in [0.1, 0.15) is 5.56 Å². The van der Waals surface area contributed by atoms with Gasteiger partial charge in [0.05, 0.1) is 6.54 Å². The number of likely N-dealkylation sites (N-methyl/N-ethyl adjacent to an activating group) is 1. The zero-order chi connectivity index (χ0) is 12.0. The predicted molar refractivity (Wildman–Crippen MR) is 77.0 cm³/mol. The molecule has 0 heterocycles. The molecule has 0 unspecified atom stereocenters. The van der Waals surface area contributed by atoms with Crippen LogP contribution in [0.3, 0.4) is 0 Å². The smallest absolute Gasteiger partial charge is 0.233 e. The number of benzene rings is 1. The molecule has 0 aliphatic rings. The second-order valence-corrected chi connectivity index (χ2v) is 4.66. The standard InChI is InChI=1S/C11H14BrClN2O.ClH/c1-14-7-11(16)15-5-4-8-6-9(13)2-3-10(8)12;/h2-3,6,14H,4-5,7H2,1H3,(H,15,16);1H. The zero-order valence-electron chi connectivity index (χ0n) is 9.43. The van der Waals surface area contributed by atoms with Crippen molar-refractivity contribution in [3.05, 3.63) is 33.3 Å². The number of hydrogen-bond donors (Lipinski definition) is 2.